The van der Waals surface area contributed by atoms with Crippen LogP contribution in [0.3, 0.4) is 0 Å². The van der Waals surface area contributed by atoms with E-state index in [0.717, 1.165) is 16.7 Å². The highest BCUT2D eigenvalue weighted by Gasteiger charge is 2.28. The lowest BCUT2D eigenvalue weighted by Gasteiger charge is -2.22. The van der Waals surface area contributed by atoms with Gasteiger partial charge in [0.15, 0.2) is 0 Å². The van der Waals surface area contributed by atoms with Crippen molar-refractivity contribution in [2.45, 2.75) is 51.5 Å². The molecule has 0 saturated carbocycles. The first kappa shape index (κ1) is 31.7. The number of rotatable bonds is 15. The lowest BCUT2D eigenvalue weighted by Crippen LogP contribution is -2.52. The first-order chi connectivity index (χ1) is 20.4. The number of hydrogen-bond acceptors (Lipinski definition) is 7. The summed E-state index contributed by atoms with van der Waals surface area (Å²) in [6.07, 6.45) is -0.678. The van der Waals surface area contributed by atoms with E-state index in [0.29, 0.717) is 6.42 Å². The van der Waals surface area contributed by atoms with Crippen molar-refractivity contribution in [1.82, 2.24) is 16.0 Å². The summed E-state index contributed by atoms with van der Waals surface area (Å²) in [6, 6.07) is 25.6. The Morgan fingerprint density at radius 1 is 0.643 bits per heavy atom. The zero-order chi connectivity index (χ0) is 30.0. The topological polar surface area (TPSA) is 132 Å². The number of hydrogen-bond donors (Lipinski definition) is 3. The van der Waals surface area contributed by atoms with Gasteiger partial charge in [0.1, 0.15) is 25.3 Å². The van der Waals surface area contributed by atoms with Crippen molar-refractivity contribution >= 4 is 24.1 Å². The molecule has 0 bridgehead atoms. The quantitative estimate of drug-likeness (QED) is 0.140. The summed E-state index contributed by atoms with van der Waals surface area (Å²) in [5.41, 5.74) is 2.48. The molecule has 0 fully saturated rings. The van der Waals surface area contributed by atoms with Crippen molar-refractivity contribution in [3.05, 3.63) is 108 Å². The minimum atomic E-state index is -1.04. The molecule has 3 amide bonds. The Labute approximate surface area is 245 Å². The molecule has 2 unspecified atom stereocenters. The molecule has 3 aromatic rings. The van der Waals surface area contributed by atoms with Crippen LogP contribution in [0.1, 0.15) is 36.5 Å². The van der Waals surface area contributed by atoms with E-state index < -0.39 is 36.1 Å². The molecule has 222 valence electrons. The number of amides is 3. The van der Waals surface area contributed by atoms with Crippen molar-refractivity contribution in [3.63, 3.8) is 0 Å². The molecule has 10 heteroatoms. The number of esters is 1. The van der Waals surface area contributed by atoms with Crippen molar-refractivity contribution < 1.29 is 33.4 Å². The van der Waals surface area contributed by atoms with Gasteiger partial charge in [0.05, 0.1) is 6.61 Å². The number of carbonyl (C=O) groups is 4. The van der Waals surface area contributed by atoms with Gasteiger partial charge in [-0.1, -0.05) is 91.0 Å². The Morgan fingerprint density at radius 3 is 1.71 bits per heavy atom. The fourth-order valence-electron chi connectivity index (χ4n) is 4.00. The molecule has 42 heavy (non-hydrogen) atoms. The van der Waals surface area contributed by atoms with Crippen LogP contribution in [0.15, 0.2) is 91.0 Å². The van der Waals surface area contributed by atoms with E-state index in [-0.39, 0.29) is 39.2 Å². The van der Waals surface area contributed by atoms with Crippen molar-refractivity contribution in [2.75, 3.05) is 13.2 Å². The van der Waals surface area contributed by atoms with Crippen LogP contribution in [-0.4, -0.2) is 49.3 Å². The number of alkyl carbamates (subject to hydrolysis) is 2. The molecular weight excluding hydrogens is 538 g/mol. The number of ether oxygens (including phenoxy) is 3. The third kappa shape index (κ3) is 11.7. The predicted octanol–water partition coefficient (Wildman–Crippen LogP) is 4.28. The molecule has 0 saturated heterocycles. The molecule has 0 aliphatic heterocycles. The second-order valence-corrected chi connectivity index (χ2v) is 9.39. The maximum absolute atomic E-state index is 13.3. The average molecular weight is 576 g/mol. The Bertz CT molecular complexity index is 1260. The Kier molecular flexibility index (Phi) is 13.4. The molecule has 3 aromatic carbocycles. The zero-order valence-corrected chi connectivity index (χ0v) is 23.6. The van der Waals surface area contributed by atoms with Crippen LogP contribution in [0, 0.1) is 0 Å². The molecule has 0 aliphatic rings. The SMILES string of the molecule is CCOC(=O)C(Cc1ccccc1)NC(=O)C(CCCNC(=O)OCc1ccccc1)NC(=O)OCc1ccccc1. The molecule has 3 N–H and O–H groups in total. The molecule has 0 spiro atoms. The second-order valence-electron chi connectivity index (χ2n) is 9.39. The molecule has 10 nitrogen and oxygen atoms in total. The van der Waals surface area contributed by atoms with Crippen LogP contribution in [0.25, 0.3) is 0 Å². The van der Waals surface area contributed by atoms with E-state index in [9.17, 15) is 19.2 Å². The van der Waals surface area contributed by atoms with Gasteiger partial charge in [-0.15, -0.1) is 0 Å². The highest BCUT2D eigenvalue weighted by atomic mass is 16.6. The summed E-state index contributed by atoms with van der Waals surface area (Å²) < 4.78 is 15.7. The second kappa shape index (κ2) is 17.8. The molecule has 3 rings (SSSR count). The van der Waals surface area contributed by atoms with Crippen LogP contribution >= 0.6 is 0 Å². The average Bonchev–Trinajstić information content (AvgIpc) is 3.01. The molecule has 0 heterocycles. The van der Waals surface area contributed by atoms with Gasteiger partial charge in [0.2, 0.25) is 5.91 Å². The standard InChI is InChI=1S/C32H37N3O7/c1-2-40-30(37)28(21-24-13-6-3-7-14-24)34-29(36)27(35-32(39)42-23-26-17-10-5-11-18-26)19-12-20-33-31(38)41-22-25-15-8-4-9-16-25/h3-11,13-18,27-28H,2,12,19-23H2,1H3,(H,33,38)(H,34,36)(H,35,39). The van der Waals surface area contributed by atoms with Crippen molar-refractivity contribution in [2.24, 2.45) is 0 Å². The van der Waals surface area contributed by atoms with Gasteiger partial charge in [0, 0.05) is 13.0 Å². The fraction of sp³-hybridized carbons (Fsp3) is 0.312. The maximum Gasteiger partial charge on any atom is 0.408 e. The Hall–Kier alpha value is -4.86. The summed E-state index contributed by atoms with van der Waals surface area (Å²) in [5.74, 6) is -1.16. The van der Waals surface area contributed by atoms with E-state index in [1.165, 1.54) is 0 Å². The van der Waals surface area contributed by atoms with E-state index in [4.69, 9.17) is 14.2 Å². The van der Waals surface area contributed by atoms with Gasteiger partial charge >= 0.3 is 18.2 Å². The van der Waals surface area contributed by atoms with Crippen LogP contribution in [0.5, 0.6) is 0 Å². The van der Waals surface area contributed by atoms with Gasteiger partial charge in [0.25, 0.3) is 0 Å². The van der Waals surface area contributed by atoms with Crippen molar-refractivity contribution in [3.8, 4) is 0 Å². The predicted molar refractivity (Wildman–Crippen MR) is 156 cm³/mol. The summed E-state index contributed by atoms with van der Waals surface area (Å²) in [5, 5.41) is 7.96. The largest absolute Gasteiger partial charge is 0.464 e. The Morgan fingerprint density at radius 2 is 1.17 bits per heavy atom. The fourth-order valence-corrected chi connectivity index (χ4v) is 4.00. The minimum Gasteiger partial charge on any atom is -0.464 e. The van der Waals surface area contributed by atoms with Crippen LogP contribution in [0.4, 0.5) is 9.59 Å². The Balaban J connectivity index is 1.58. The highest BCUT2D eigenvalue weighted by Crippen LogP contribution is 2.08. The first-order valence-corrected chi connectivity index (χ1v) is 13.9. The summed E-state index contributed by atoms with van der Waals surface area (Å²) in [6.45, 7) is 2.19. The van der Waals surface area contributed by atoms with Gasteiger partial charge < -0.3 is 30.2 Å². The van der Waals surface area contributed by atoms with Crippen LogP contribution in [0.2, 0.25) is 0 Å². The van der Waals surface area contributed by atoms with Gasteiger partial charge in [-0.25, -0.2) is 14.4 Å². The van der Waals surface area contributed by atoms with Crippen molar-refractivity contribution in [1.29, 1.82) is 0 Å². The van der Waals surface area contributed by atoms with E-state index >= 15 is 0 Å². The van der Waals surface area contributed by atoms with E-state index in [1.54, 1.807) is 6.92 Å². The molecule has 0 radical (unpaired) electrons. The van der Waals surface area contributed by atoms with Gasteiger partial charge in [-0.05, 0) is 36.5 Å². The third-order valence-corrected chi connectivity index (χ3v) is 6.14. The normalized spacial score (nSPS) is 11.8. The summed E-state index contributed by atoms with van der Waals surface area (Å²) in [4.78, 5) is 50.7. The molecular formula is C32H37N3O7. The number of benzene rings is 3. The van der Waals surface area contributed by atoms with E-state index in [1.807, 2.05) is 91.0 Å². The van der Waals surface area contributed by atoms with Crippen LogP contribution < -0.4 is 16.0 Å². The zero-order valence-electron chi connectivity index (χ0n) is 23.6. The smallest absolute Gasteiger partial charge is 0.408 e. The van der Waals surface area contributed by atoms with Gasteiger partial charge in [-0.3, -0.25) is 4.79 Å². The van der Waals surface area contributed by atoms with Crippen LogP contribution in [-0.2, 0) is 43.4 Å². The number of carbonyl (C=O) groups excluding carboxylic acids is 4. The maximum atomic E-state index is 13.3. The monoisotopic (exact) mass is 575 g/mol. The summed E-state index contributed by atoms with van der Waals surface area (Å²) in [7, 11) is 0. The summed E-state index contributed by atoms with van der Waals surface area (Å²) >= 11 is 0. The minimum absolute atomic E-state index is 0.0231. The van der Waals surface area contributed by atoms with E-state index in [2.05, 4.69) is 16.0 Å². The molecule has 0 aliphatic carbocycles. The highest BCUT2D eigenvalue weighted by molar-refractivity contribution is 5.89. The number of nitrogens with one attached hydrogen (secondary N) is 3. The lowest BCUT2D eigenvalue weighted by atomic mass is 10.0. The van der Waals surface area contributed by atoms with Gasteiger partial charge in [-0.2, -0.15) is 0 Å². The first-order valence-electron chi connectivity index (χ1n) is 13.9. The lowest BCUT2D eigenvalue weighted by molar-refractivity contribution is -0.147. The molecule has 2 atom stereocenters. The third-order valence-electron chi connectivity index (χ3n) is 6.14. The molecule has 0 aromatic heterocycles.